The van der Waals surface area contributed by atoms with Gasteiger partial charge in [0.25, 0.3) is 0 Å². The maximum atomic E-state index is 12.1. The van der Waals surface area contributed by atoms with Gasteiger partial charge in [-0.25, -0.2) is 4.98 Å². The van der Waals surface area contributed by atoms with Gasteiger partial charge in [-0.3, -0.25) is 4.79 Å². The molecule has 0 aliphatic rings. The Balaban J connectivity index is 1.78. The molecule has 3 aromatic rings. The Hall–Kier alpha value is -2.20. The van der Waals surface area contributed by atoms with Gasteiger partial charge in [0.2, 0.25) is 0 Å². The van der Waals surface area contributed by atoms with E-state index in [1.807, 2.05) is 48.7 Å². The third-order valence-corrected chi connectivity index (χ3v) is 3.94. The predicted molar refractivity (Wildman–Crippen MR) is 79.0 cm³/mol. The molecule has 0 saturated heterocycles. The van der Waals surface area contributed by atoms with Crippen molar-refractivity contribution in [1.82, 2.24) is 4.98 Å². The summed E-state index contributed by atoms with van der Waals surface area (Å²) in [7, 11) is 0. The van der Waals surface area contributed by atoms with Gasteiger partial charge in [-0.1, -0.05) is 30.3 Å². The Morgan fingerprint density at radius 2 is 2.05 bits per heavy atom. The molecular formula is C16H13NO2S. The van der Waals surface area contributed by atoms with Crippen LogP contribution in [-0.4, -0.2) is 10.8 Å². The first-order valence-electron chi connectivity index (χ1n) is 6.31. The molecule has 0 amide bonds. The van der Waals surface area contributed by atoms with E-state index in [2.05, 4.69) is 4.98 Å². The van der Waals surface area contributed by atoms with Crippen LogP contribution in [0, 0.1) is 6.92 Å². The summed E-state index contributed by atoms with van der Waals surface area (Å²) in [5, 5.41) is 2.74. The molecule has 0 spiro atoms. The van der Waals surface area contributed by atoms with Crippen molar-refractivity contribution in [1.29, 1.82) is 0 Å². The smallest absolute Gasteiger partial charge is 0.168 e. The second-order valence-corrected chi connectivity index (χ2v) is 5.40. The molecule has 3 rings (SSSR count). The topological polar surface area (TPSA) is 43.1 Å². The van der Waals surface area contributed by atoms with E-state index in [-0.39, 0.29) is 5.78 Å². The number of nitrogens with zero attached hydrogens (tertiary/aromatic N) is 1. The van der Waals surface area contributed by atoms with Crippen molar-refractivity contribution in [2.75, 3.05) is 0 Å². The van der Waals surface area contributed by atoms with E-state index in [0.29, 0.717) is 6.42 Å². The van der Waals surface area contributed by atoms with Gasteiger partial charge < -0.3 is 4.42 Å². The van der Waals surface area contributed by atoms with E-state index in [1.54, 1.807) is 6.26 Å². The second-order valence-electron chi connectivity index (χ2n) is 4.54. The number of benzene rings is 1. The normalized spacial score (nSPS) is 10.7. The fourth-order valence-electron chi connectivity index (χ4n) is 1.97. The van der Waals surface area contributed by atoms with Crippen molar-refractivity contribution in [2.45, 2.75) is 13.3 Å². The van der Waals surface area contributed by atoms with Crippen LogP contribution < -0.4 is 0 Å². The van der Waals surface area contributed by atoms with Crippen molar-refractivity contribution in [3.8, 4) is 10.8 Å². The quantitative estimate of drug-likeness (QED) is 0.676. The zero-order valence-electron chi connectivity index (χ0n) is 11.0. The van der Waals surface area contributed by atoms with Gasteiger partial charge in [0, 0.05) is 10.9 Å². The Bertz CT molecular complexity index is 728. The number of ketones is 1. The van der Waals surface area contributed by atoms with Gasteiger partial charge in [0.05, 0.1) is 18.4 Å². The molecule has 0 N–H and O–H groups in total. The molecule has 0 unspecified atom stereocenters. The Kier molecular flexibility index (Phi) is 3.48. The van der Waals surface area contributed by atoms with Crippen molar-refractivity contribution < 1.29 is 9.21 Å². The largest absolute Gasteiger partial charge is 0.462 e. The molecule has 0 aliphatic carbocycles. The van der Waals surface area contributed by atoms with Gasteiger partial charge in [0.1, 0.15) is 0 Å². The summed E-state index contributed by atoms with van der Waals surface area (Å²) < 4.78 is 5.42. The molecule has 2 heterocycles. The molecule has 0 radical (unpaired) electrons. The first-order valence-corrected chi connectivity index (χ1v) is 7.19. The van der Waals surface area contributed by atoms with Crippen LogP contribution in [0.5, 0.6) is 0 Å². The van der Waals surface area contributed by atoms with Gasteiger partial charge >= 0.3 is 0 Å². The molecule has 0 aliphatic heterocycles. The van der Waals surface area contributed by atoms with Crippen LogP contribution in [0.3, 0.4) is 0 Å². The lowest BCUT2D eigenvalue weighted by Crippen LogP contribution is -2.03. The molecule has 0 fully saturated rings. The minimum absolute atomic E-state index is 0.0821. The maximum Gasteiger partial charge on any atom is 0.168 e. The summed E-state index contributed by atoms with van der Waals surface area (Å²) in [4.78, 5) is 16.6. The summed E-state index contributed by atoms with van der Waals surface area (Å²) in [5.41, 5.74) is 2.56. The third kappa shape index (κ3) is 2.56. The summed E-state index contributed by atoms with van der Waals surface area (Å²) in [5.74, 6) is 0.868. The molecule has 4 heteroatoms. The number of rotatable bonds is 4. The highest BCUT2D eigenvalue weighted by atomic mass is 32.1. The Morgan fingerprint density at radius 1 is 1.25 bits per heavy atom. The molecule has 0 atom stereocenters. The summed E-state index contributed by atoms with van der Waals surface area (Å²) in [6.07, 6.45) is 1.97. The van der Waals surface area contributed by atoms with Crippen LogP contribution in [0.2, 0.25) is 0 Å². The van der Waals surface area contributed by atoms with Crippen molar-refractivity contribution in [2.24, 2.45) is 0 Å². The molecule has 0 saturated carbocycles. The molecular weight excluding hydrogens is 270 g/mol. The van der Waals surface area contributed by atoms with Crippen molar-refractivity contribution in [3.63, 3.8) is 0 Å². The highest BCUT2D eigenvalue weighted by molar-refractivity contribution is 7.13. The standard InChI is InChI=1S/C16H13NO2S/c1-11-7-8-19-15(11)16-17-13(10-20-16)9-14(18)12-5-3-2-4-6-12/h2-8,10H,9H2,1H3. The molecule has 0 bridgehead atoms. The maximum absolute atomic E-state index is 12.1. The number of carbonyl (C=O) groups is 1. The number of aromatic nitrogens is 1. The number of thiazole rings is 1. The SMILES string of the molecule is Cc1ccoc1-c1nc(CC(=O)c2ccccc2)cs1. The molecule has 20 heavy (non-hydrogen) atoms. The number of aryl methyl sites for hydroxylation is 1. The highest BCUT2D eigenvalue weighted by Gasteiger charge is 2.13. The third-order valence-electron chi connectivity index (χ3n) is 3.05. The van der Waals surface area contributed by atoms with Crippen LogP contribution in [0.15, 0.2) is 52.5 Å². The van der Waals surface area contributed by atoms with E-state index in [0.717, 1.165) is 27.6 Å². The van der Waals surface area contributed by atoms with Gasteiger partial charge in [0.15, 0.2) is 16.6 Å². The fraction of sp³-hybridized carbons (Fsp3) is 0.125. The summed E-state index contributed by atoms with van der Waals surface area (Å²) in [6.45, 7) is 1.98. The summed E-state index contributed by atoms with van der Waals surface area (Å²) in [6, 6.07) is 11.2. The lowest BCUT2D eigenvalue weighted by molar-refractivity contribution is 0.0992. The zero-order valence-corrected chi connectivity index (χ0v) is 11.8. The van der Waals surface area contributed by atoms with Gasteiger partial charge in [-0.2, -0.15) is 0 Å². The number of furan rings is 1. The monoisotopic (exact) mass is 283 g/mol. The number of hydrogen-bond acceptors (Lipinski definition) is 4. The lowest BCUT2D eigenvalue weighted by atomic mass is 10.1. The molecule has 3 nitrogen and oxygen atoms in total. The minimum atomic E-state index is 0.0821. The van der Waals surface area contributed by atoms with Crippen LogP contribution in [-0.2, 0) is 6.42 Å². The first-order chi connectivity index (χ1) is 9.74. The van der Waals surface area contributed by atoms with E-state index < -0.39 is 0 Å². The average Bonchev–Trinajstić information content (AvgIpc) is 3.08. The molecule has 1 aromatic carbocycles. The lowest BCUT2D eigenvalue weighted by Gasteiger charge is -1.97. The number of hydrogen-bond donors (Lipinski definition) is 0. The number of Topliss-reactive ketones (excluding diaryl/α,β-unsaturated/α-hetero) is 1. The van der Waals surface area contributed by atoms with E-state index in [9.17, 15) is 4.79 Å². The van der Waals surface area contributed by atoms with Gasteiger partial charge in [-0.15, -0.1) is 11.3 Å². The Morgan fingerprint density at radius 3 is 2.75 bits per heavy atom. The molecule has 100 valence electrons. The summed E-state index contributed by atoms with van der Waals surface area (Å²) >= 11 is 1.50. The second kappa shape index (κ2) is 5.43. The van der Waals surface area contributed by atoms with E-state index in [4.69, 9.17) is 4.42 Å². The fourth-order valence-corrected chi connectivity index (χ4v) is 2.84. The van der Waals surface area contributed by atoms with Gasteiger partial charge in [-0.05, 0) is 18.6 Å². The van der Waals surface area contributed by atoms with Crippen LogP contribution >= 0.6 is 11.3 Å². The first kappa shape index (κ1) is 12.8. The van der Waals surface area contributed by atoms with E-state index in [1.165, 1.54) is 11.3 Å². The average molecular weight is 283 g/mol. The van der Waals surface area contributed by atoms with Crippen molar-refractivity contribution >= 4 is 17.1 Å². The van der Waals surface area contributed by atoms with E-state index >= 15 is 0 Å². The highest BCUT2D eigenvalue weighted by Crippen LogP contribution is 2.27. The Labute approximate surface area is 120 Å². The van der Waals surface area contributed by atoms with Crippen molar-refractivity contribution in [3.05, 3.63) is 64.9 Å². The predicted octanol–water partition coefficient (Wildman–Crippen LogP) is 4.14. The van der Waals surface area contributed by atoms with Crippen LogP contribution in [0.25, 0.3) is 10.8 Å². The molecule has 2 aromatic heterocycles. The van der Waals surface area contributed by atoms with Crippen LogP contribution in [0.4, 0.5) is 0 Å². The van der Waals surface area contributed by atoms with Crippen LogP contribution in [0.1, 0.15) is 21.6 Å². The minimum Gasteiger partial charge on any atom is -0.462 e. The number of carbonyl (C=O) groups excluding carboxylic acids is 1. The zero-order chi connectivity index (χ0) is 13.9.